The predicted molar refractivity (Wildman–Crippen MR) is 265 cm³/mol. The number of fused-ring (bicyclic) bond motifs is 7. The number of hydrogen-bond donors (Lipinski definition) is 3. The van der Waals surface area contributed by atoms with Crippen molar-refractivity contribution in [1.29, 1.82) is 0 Å². The number of likely N-dealkylation sites (tertiary alicyclic amines) is 2. The van der Waals surface area contributed by atoms with E-state index in [1.54, 1.807) is 17.4 Å². The largest absolute Gasteiger partial charge is 0.391 e. The molecule has 3 aliphatic heterocycles. The first-order valence-corrected chi connectivity index (χ1v) is 25.6. The van der Waals surface area contributed by atoms with Gasteiger partial charge in [0.25, 0.3) is 5.56 Å². The Morgan fingerprint density at radius 3 is 2.43 bits per heavy atom. The second-order valence-electron chi connectivity index (χ2n) is 20.6. The van der Waals surface area contributed by atoms with Gasteiger partial charge in [0.05, 0.1) is 55.3 Å². The van der Waals surface area contributed by atoms with Crippen molar-refractivity contribution in [2.75, 3.05) is 26.2 Å². The third-order valence-electron chi connectivity index (χ3n) is 15.0. The van der Waals surface area contributed by atoms with Gasteiger partial charge in [-0.1, -0.05) is 94.1 Å². The molecule has 3 N–H and O–H groups in total. The molecule has 9 rings (SSSR count). The van der Waals surface area contributed by atoms with Crippen LogP contribution in [0.5, 0.6) is 0 Å². The minimum absolute atomic E-state index is 0.0296. The van der Waals surface area contributed by atoms with Gasteiger partial charge in [-0.3, -0.25) is 23.7 Å². The van der Waals surface area contributed by atoms with E-state index in [9.17, 15) is 24.3 Å². The normalized spacial score (nSPS) is 20.4. The quantitative estimate of drug-likeness (QED) is 0.105. The number of unbranched alkanes of at least 4 members (excludes halogenated alkanes) is 1. The Morgan fingerprint density at radius 2 is 1.73 bits per heavy atom. The van der Waals surface area contributed by atoms with Gasteiger partial charge >= 0.3 is 0 Å². The van der Waals surface area contributed by atoms with Crippen molar-refractivity contribution in [3.63, 3.8) is 0 Å². The van der Waals surface area contributed by atoms with Crippen molar-refractivity contribution in [3.8, 4) is 16.1 Å². The molecule has 0 radical (unpaired) electrons. The summed E-state index contributed by atoms with van der Waals surface area (Å²) >= 11 is 8.16. The van der Waals surface area contributed by atoms with Gasteiger partial charge in [-0.15, -0.1) is 11.3 Å². The van der Waals surface area contributed by atoms with Crippen LogP contribution in [0.25, 0.3) is 27.0 Å². The lowest BCUT2D eigenvalue weighted by Gasteiger charge is -2.35. The first-order valence-electron chi connectivity index (χ1n) is 24.3. The lowest BCUT2D eigenvalue weighted by atomic mass is 9.69. The lowest BCUT2D eigenvalue weighted by Crippen LogP contribution is -2.57. The Labute approximate surface area is 402 Å². The minimum Gasteiger partial charge on any atom is -0.391 e. The number of aromatic nitrogens is 3. The van der Waals surface area contributed by atoms with Gasteiger partial charge in [0.15, 0.2) is 0 Å². The van der Waals surface area contributed by atoms with E-state index in [-0.39, 0.29) is 47.7 Å². The molecule has 4 aliphatic rings. The molecule has 354 valence electrons. The fourth-order valence-corrected chi connectivity index (χ4v) is 12.4. The number of aliphatic hydroxyl groups is 1. The zero-order valence-electron chi connectivity index (χ0n) is 39.4. The Hall–Kier alpha value is -4.95. The van der Waals surface area contributed by atoms with Gasteiger partial charge in [-0.2, -0.15) is 4.98 Å². The smallest absolute Gasteiger partial charge is 0.282 e. The van der Waals surface area contributed by atoms with Crippen molar-refractivity contribution in [2.24, 2.45) is 5.41 Å². The summed E-state index contributed by atoms with van der Waals surface area (Å²) in [4.78, 5) is 69.0. The van der Waals surface area contributed by atoms with E-state index in [1.165, 1.54) is 22.4 Å². The van der Waals surface area contributed by atoms with Crippen LogP contribution in [-0.2, 0) is 19.8 Å². The molecule has 3 aromatic carbocycles. The van der Waals surface area contributed by atoms with Crippen molar-refractivity contribution in [1.82, 2.24) is 35.0 Å². The van der Waals surface area contributed by atoms with Crippen LogP contribution in [0.1, 0.15) is 138 Å². The molecule has 1 spiro atoms. The number of halogens is 1. The van der Waals surface area contributed by atoms with E-state index in [0.29, 0.717) is 29.2 Å². The number of hydrogen-bond acceptors (Lipinski definition) is 9. The van der Waals surface area contributed by atoms with E-state index >= 15 is 0 Å². The fourth-order valence-electron chi connectivity index (χ4n) is 11.3. The average molecular weight is 947 g/mol. The van der Waals surface area contributed by atoms with E-state index in [4.69, 9.17) is 16.6 Å². The number of nitrogens with one attached hydrogen (secondary N) is 2. The van der Waals surface area contributed by atoms with E-state index in [2.05, 4.69) is 43.3 Å². The summed E-state index contributed by atoms with van der Waals surface area (Å²) in [6.45, 7) is 12.5. The van der Waals surface area contributed by atoms with Crippen LogP contribution in [0, 0.1) is 12.3 Å². The molecule has 5 aromatic rings. The third kappa shape index (κ3) is 9.33. The summed E-state index contributed by atoms with van der Waals surface area (Å²) in [5.41, 5.74) is 8.26. The number of carbonyl (C=O) groups is 3. The van der Waals surface area contributed by atoms with Crippen LogP contribution in [-0.4, -0.2) is 91.5 Å². The van der Waals surface area contributed by atoms with Crippen LogP contribution in [0.2, 0.25) is 5.02 Å². The summed E-state index contributed by atoms with van der Waals surface area (Å²) < 4.78 is 2.21. The minimum atomic E-state index is -0.863. The highest BCUT2D eigenvalue weighted by Crippen LogP contribution is 2.52. The molecular formula is C53H64ClN7O5S. The number of β-amino-alcohol motifs (C(OH)–C–C–N with tert-alkyl or cyclic N) is 1. The molecule has 0 unspecified atom stereocenters. The van der Waals surface area contributed by atoms with E-state index < -0.39 is 23.6 Å². The van der Waals surface area contributed by atoms with Gasteiger partial charge in [0.2, 0.25) is 17.7 Å². The number of aliphatic hydroxyl groups excluding tert-OH is 1. The van der Waals surface area contributed by atoms with Crippen molar-refractivity contribution >= 4 is 51.6 Å². The molecular weight excluding hydrogens is 882 g/mol. The summed E-state index contributed by atoms with van der Waals surface area (Å²) in [6, 6.07) is 18.6. The van der Waals surface area contributed by atoms with Crippen molar-refractivity contribution in [2.45, 2.75) is 141 Å². The Balaban J connectivity index is 0.770. The number of rotatable bonds is 12. The van der Waals surface area contributed by atoms with Gasteiger partial charge < -0.3 is 25.5 Å². The van der Waals surface area contributed by atoms with Gasteiger partial charge in [-0.05, 0) is 124 Å². The Kier molecular flexibility index (Phi) is 13.5. The topological polar surface area (TPSA) is 150 Å². The van der Waals surface area contributed by atoms with Crippen molar-refractivity contribution in [3.05, 3.63) is 110 Å². The highest BCUT2D eigenvalue weighted by molar-refractivity contribution is 7.13. The van der Waals surface area contributed by atoms with Crippen LogP contribution in [0.3, 0.4) is 0 Å². The molecule has 3 fully saturated rings. The number of aryl methyl sites for hydroxylation is 1. The first-order chi connectivity index (χ1) is 32.1. The SMILES string of the molecule is Cc1ncsc1-c1ccc([C@H](C)NC(=O)[C@@H]2C[C@@H](O)CN2C(=O)[C@@H](NC(=O)CCCCN2CCC(c3ccc4c(c3)C3(CCCCC3)c3nc(=O)c5c(Cl)cccc5n3-4)CC2)C(C)(C)C)cc1. The predicted octanol–water partition coefficient (Wildman–Crippen LogP) is 8.75. The van der Waals surface area contributed by atoms with E-state index in [0.717, 1.165) is 103 Å². The highest BCUT2D eigenvalue weighted by atomic mass is 35.5. The zero-order valence-corrected chi connectivity index (χ0v) is 41.0. The molecule has 0 bridgehead atoms. The molecule has 2 aromatic heterocycles. The maximum Gasteiger partial charge on any atom is 0.282 e. The number of nitrogens with zero attached hydrogens (tertiary/aromatic N) is 5. The summed E-state index contributed by atoms with van der Waals surface area (Å²) in [7, 11) is 0. The monoisotopic (exact) mass is 945 g/mol. The van der Waals surface area contributed by atoms with Gasteiger partial charge in [0, 0.05) is 19.4 Å². The standard InChI is InChI=1S/C53H64ClN7O5S/c1-32(34-15-17-36(18-16-34)46-33(2)55-31-67-46)56-48(64)43-29-38(62)30-60(43)50(66)47(52(3,4)5)57-44(63)14-7-10-25-59-26-21-35(22-27-59)37-19-20-41-39(28-37)53(23-8-6-9-24-53)51-58-49(65)45-40(54)12-11-13-42(45)61(41)51/h11-13,15-20,28,31-32,35,38,43,47,62H,6-10,14,21-27,29-30H2,1-5H3,(H,56,64)(H,57,63)/t32-,38+,43-,47+/m0/s1. The Bertz CT molecular complexity index is 2710. The van der Waals surface area contributed by atoms with Crippen LogP contribution in [0.4, 0.5) is 0 Å². The second kappa shape index (κ2) is 19.2. The van der Waals surface area contributed by atoms with Crippen LogP contribution in [0.15, 0.2) is 71.0 Å². The van der Waals surface area contributed by atoms with Gasteiger partial charge in [-0.25, -0.2) is 4.98 Å². The summed E-state index contributed by atoms with van der Waals surface area (Å²) in [5.74, 6) is 0.429. The maximum atomic E-state index is 14.2. The zero-order chi connectivity index (χ0) is 47.2. The number of amides is 3. The van der Waals surface area contributed by atoms with Crippen LogP contribution >= 0.6 is 22.9 Å². The number of carbonyl (C=O) groups excluding carboxylic acids is 3. The lowest BCUT2D eigenvalue weighted by molar-refractivity contribution is -0.144. The van der Waals surface area contributed by atoms with Crippen LogP contribution < -0.4 is 16.2 Å². The maximum absolute atomic E-state index is 14.2. The number of thiazole rings is 1. The molecule has 5 heterocycles. The first kappa shape index (κ1) is 47.1. The summed E-state index contributed by atoms with van der Waals surface area (Å²) in [6.07, 6.45) is 8.62. The average Bonchev–Trinajstić information content (AvgIpc) is 4.00. The Morgan fingerprint density at radius 1 is 0.985 bits per heavy atom. The molecule has 67 heavy (non-hydrogen) atoms. The molecule has 14 heteroatoms. The molecule has 1 aliphatic carbocycles. The third-order valence-corrected chi connectivity index (χ3v) is 16.3. The van der Waals surface area contributed by atoms with Gasteiger partial charge in [0.1, 0.15) is 17.9 Å². The number of benzene rings is 3. The molecule has 2 saturated heterocycles. The van der Waals surface area contributed by atoms with E-state index in [1.807, 2.05) is 76.5 Å². The van der Waals surface area contributed by atoms with Crippen molar-refractivity contribution < 1.29 is 19.5 Å². The molecule has 12 nitrogen and oxygen atoms in total. The fraction of sp³-hybridized carbons (Fsp3) is 0.509. The molecule has 3 amide bonds. The highest BCUT2D eigenvalue weighted by Gasteiger charge is 2.47. The second-order valence-corrected chi connectivity index (χ2v) is 21.8. The molecule has 1 saturated carbocycles. The summed E-state index contributed by atoms with van der Waals surface area (Å²) in [5, 5.41) is 17.7. The number of piperidine rings is 1. The molecule has 4 atom stereocenters.